The predicted molar refractivity (Wildman–Crippen MR) is 147 cm³/mol. The second-order valence-electron chi connectivity index (χ2n) is 10.2. The number of carbonyl (C=O) groups is 1. The van der Waals surface area contributed by atoms with E-state index in [2.05, 4.69) is 22.8 Å². The highest BCUT2D eigenvalue weighted by Gasteiger charge is 2.48. The number of nitrogens with one attached hydrogen (secondary N) is 2. The largest absolute Gasteiger partial charge is 0.497 e. The number of benzene rings is 1. The molecule has 0 saturated carbocycles. The van der Waals surface area contributed by atoms with Crippen LogP contribution in [0.3, 0.4) is 0 Å². The molecule has 2 aliphatic rings. The molecule has 2 fully saturated rings. The van der Waals surface area contributed by atoms with Gasteiger partial charge in [0.1, 0.15) is 35.6 Å². The van der Waals surface area contributed by atoms with E-state index in [1.54, 1.807) is 20.3 Å². The molecule has 5 N–H and O–H groups in total. The molecule has 0 spiro atoms. The first-order chi connectivity index (χ1) is 17.7. The molecule has 3 rings (SSSR count). The zero-order valence-corrected chi connectivity index (χ0v) is 23.6. The fraction of sp³-hybridized carbons (Fsp3) is 0.741. The van der Waals surface area contributed by atoms with Gasteiger partial charge in [-0.25, -0.2) is 0 Å². The average Bonchev–Trinajstić information content (AvgIpc) is 3.15. The summed E-state index contributed by atoms with van der Waals surface area (Å²) >= 11 is 7.64. The molecule has 10 heteroatoms. The van der Waals surface area contributed by atoms with Gasteiger partial charge in [0.05, 0.1) is 24.6 Å². The number of aliphatic hydroxyl groups is 3. The van der Waals surface area contributed by atoms with Gasteiger partial charge >= 0.3 is 0 Å². The van der Waals surface area contributed by atoms with E-state index in [0.717, 1.165) is 57.2 Å². The van der Waals surface area contributed by atoms with Gasteiger partial charge < -0.3 is 35.4 Å². The molecule has 2 saturated heterocycles. The number of unbranched alkanes of at least 4 members (excludes halogenated alkanes) is 1. The Bertz CT molecular complexity index is 830. The minimum atomic E-state index is -1.38. The predicted octanol–water partition coefficient (Wildman–Crippen LogP) is 2.45. The number of hydrogen-bond donors (Lipinski definition) is 5. The number of rotatable bonds is 11. The van der Waals surface area contributed by atoms with Gasteiger partial charge in [0, 0.05) is 0 Å². The molecular formula is C27H43ClN2O6S. The van der Waals surface area contributed by atoms with E-state index in [1.165, 1.54) is 17.3 Å². The van der Waals surface area contributed by atoms with Crippen molar-refractivity contribution >= 4 is 29.3 Å². The molecule has 2 heterocycles. The van der Waals surface area contributed by atoms with Crippen LogP contribution in [0.1, 0.15) is 51.0 Å². The number of hydrogen-bond acceptors (Lipinski definition) is 8. The van der Waals surface area contributed by atoms with Crippen molar-refractivity contribution < 1.29 is 29.6 Å². The number of alkyl halides is 1. The van der Waals surface area contributed by atoms with Crippen LogP contribution in [-0.2, 0) is 16.0 Å². The van der Waals surface area contributed by atoms with Gasteiger partial charge in [-0.1, -0.05) is 25.0 Å². The van der Waals surface area contributed by atoms with Crippen LogP contribution in [-0.4, -0.2) is 88.4 Å². The number of methoxy groups -OCH3 is 1. The lowest BCUT2D eigenvalue weighted by Crippen LogP contribution is -2.65. The maximum Gasteiger partial charge on any atom is 0.237 e. The Morgan fingerprint density at radius 3 is 2.54 bits per heavy atom. The molecule has 1 aromatic rings. The Balaban J connectivity index is 1.47. The number of carbonyl (C=O) groups excluding carboxylic acids is 1. The van der Waals surface area contributed by atoms with Crippen molar-refractivity contribution in [3.8, 4) is 5.75 Å². The fourth-order valence-electron chi connectivity index (χ4n) is 5.27. The lowest BCUT2D eigenvalue weighted by Gasteiger charge is -2.44. The highest BCUT2D eigenvalue weighted by molar-refractivity contribution is 7.99. The van der Waals surface area contributed by atoms with Gasteiger partial charge in [0.15, 0.2) is 0 Å². The number of amides is 1. The van der Waals surface area contributed by atoms with Crippen molar-refractivity contribution in [3.05, 3.63) is 29.8 Å². The van der Waals surface area contributed by atoms with Gasteiger partial charge in [0.2, 0.25) is 5.91 Å². The third-order valence-electron chi connectivity index (χ3n) is 7.61. The monoisotopic (exact) mass is 558 g/mol. The van der Waals surface area contributed by atoms with Crippen LogP contribution >= 0.6 is 23.4 Å². The Hall–Kier alpha value is -1.07. The summed E-state index contributed by atoms with van der Waals surface area (Å²) in [6.07, 6.45) is 4.06. The van der Waals surface area contributed by atoms with Crippen LogP contribution in [0.4, 0.5) is 0 Å². The van der Waals surface area contributed by atoms with E-state index in [9.17, 15) is 20.1 Å². The summed E-state index contributed by atoms with van der Waals surface area (Å²) < 4.78 is 11.1. The van der Waals surface area contributed by atoms with Crippen LogP contribution in [0.2, 0.25) is 0 Å². The highest BCUT2D eigenvalue weighted by Crippen LogP contribution is 2.30. The fourth-order valence-corrected chi connectivity index (χ4v) is 6.15. The Labute approximate surface area is 229 Å². The molecule has 0 bridgehead atoms. The molecule has 0 aliphatic carbocycles. The summed E-state index contributed by atoms with van der Waals surface area (Å²) in [5.74, 6) is 1.27. The average molecular weight is 559 g/mol. The Morgan fingerprint density at radius 2 is 1.89 bits per heavy atom. The van der Waals surface area contributed by atoms with Crippen LogP contribution < -0.4 is 15.4 Å². The van der Waals surface area contributed by atoms with Crippen molar-refractivity contribution in [2.24, 2.45) is 5.92 Å². The second-order valence-corrected chi connectivity index (χ2v) is 11.8. The SMILES string of the molecule is COc1ccc(CCCC[C@@H]2CCN[C@H](C(=O)NC(C(C)Cl)[C@H]3OC(SC)[C@H](O)C(O)C3O)CC2)cc1. The summed E-state index contributed by atoms with van der Waals surface area (Å²) in [6, 6.07) is 7.17. The summed E-state index contributed by atoms with van der Waals surface area (Å²) in [4.78, 5) is 13.2. The maximum atomic E-state index is 13.2. The number of ether oxygens (including phenoxy) is 2. The van der Waals surface area contributed by atoms with Crippen molar-refractivity contribution in [2.45, 2.75) is 99.2 Å². The molecule has 5 unspecified atom stereocenters. The molecular weight excluding hydrogens is 516 g/mol. The minimum absolute atomic E-state index is 0.185. The Morgan fingerprint density at radius 1 is 1.16 bits per heavy atom. The third-order valence-corrected chi connectivity index (χ3v) is 8.73. The van der Waals surface area contributed by atoms with E-state index in [4.69, 9.17) is 21.1 Å². The summed E-state index contributed by atoms with van der Waals surface area (Å²) in [6.45, 7) is 2.49. The van der Waals surface area contributed by atoms with Crippen molar-refractivity contribution in [2.75, 3.05) is 19.9 Å². The molecule has 2 aliphatic heterocycles. The number of halogens is 1. The standard InChI is InChI=1S/C27H43ClN2O6S/c1-16(28)21(25-23(32)22(31)24(33)27(36-25)37-3)30-26(34)20-13-10-18(14-15-29-20)7-5-4-6-17-8-11-19(35-2)12-9-17/h8-9,11-12,16,18,20-25,27,29,31-33H,4-7,10,13-15H2,1-3H3,(H,30,34)/t16?,18-,20-,21?,22?,23?,24+,25+,27?/m0/s1. The number of aliphatic hydroxyl groups excluding tert-OH is 3. The molecule has 0 aromatic heterocycles. The van der Waals surface area contributed by atoms with Crippen LogP contribution in [0, 0.1) is 5.92 Å². The van der Waals surface area contributed by atoms with E-state index in [-0.39, 0.29) is 11.9 Å². The summed E-state index contributed by atoms with van der Waals surface area (Å²) in [7, 11) is 1.68. The van der Waals surface area contributed by atoms with Crippen molar-refractivity contribution in [3.63, 3.8) is 0 Å². The molecule has 37 heavy (non-hydrogen) atoms. The van der Waals surface area contributed by atoms with Gasteiger partial charge in [-0.3, -0.25) is 4.79 Å². The zero-order chi connectivity index (χ0) is 26.9. The van der Waals surface area contributed by atoms with Crippen LogP contribution in [0.5, 0.6) is 5.75 Å². The highest BCUT2D eigenvalue weighted by atomic mass is 35.5. The first-order valence-electron chi connectivity index (χ1n) is 13.3. The normalized spacial score (nSPS) is 32.2. The molecule has 0 radical (unpaired) electrons. The van der Waals surface area contributed by atoms with Gasteiger partial charge in [-0.15, -0.1) is 23.4 Å². The zero-order valence-electron chi connectivity index (χ0n) is 22.0. The topological polar surface area (TPSA) is 120 Å². The Kier molecular flexibility index (Phi) is 12.3. The molecule has 1 aromatic carbocycles. The van der Waals surface area contributed by atoms with Gasteiger partial charge in [-0.05, 0) is 75.4 Å². The van der Waals surface area contributed by atoms with Crippen LogP contribution in [0.15, 0.2) is 24.3 Å². The summed E-state index contributed by atoms with van der Waals surface area (Å²) in [5, 5.41) is 36.8. The number of thioether (sulfide) groups is 1. The first-order valence-corrected chi connectivity index (χ1v) is 15.0. The van der Waals surface area contributed by atoms with E-state index >= 15 is 0 Å². The minimum Gasteiger partial charge on any atom is -0.497 e. The lowest BCUT2D eigenvalue weighted by atomic mass is 9.91. The lowest BCUT2D eigenvalue weighted by molar-refractivity contribution is -0.205. The van der Waals surface area contributed by atoms with E-state index < -0.39 is 41.3 Å². The quantitative estimate of drug-likeness (QED) is 0.207. The van der Waals surface area contributed by atoms with Gasteiger partial charge in [0.25, 0.3) is 0 Å². The maximum absolute atomic E-state index is 13.2. The van der Waals surface area contributed by atoms with Gasteiger partial charge in [-0.2, -0.15) is 0 Å². The van der Waals surface area contributed by atoms with E-state index in [0.29, 0.717) is 5.92 Å². The smallest absolute Gasteiger partial charge is 0.237 e. The second kappa shape index (κ2) is 14.9. The molecule has 1 amide bonds. The molecule has 9 atom stereocenters. The summed E-state index contributed by atoms with van der Waals surface area (Å²) in [5.41, 5.74) is 0.598. The molecule has 8 nitrogen and oxygen atoms in total. The third kappa shape index (κ3) is 8.46. The van der Waals surface area contributed by atoms with Crippen molar-refractivity contribution in [1.29, 1.82) is 0 Å². The first kappa shape index (κ1) is 30.5. The van der Waals surface area contributed by atoms with Crippen LogP contribution in [0.25, 0.3) is 0 Å². The van der Waals surface area contributed by atoms with E-state index in [1.807, 2.05) is 12.1 Å². The molecule has 210 valence electrons. The van der Waals surface area contributed by atoms with Crippen molar-refractivity contribution in [1.82, 2.24) is 10.6 Å². The number of aryl methyl sites for hydroxylation is 1.